The van der Waals surface area contributed by atoms with E-state index in [-0.39, 0.29) is 11.4 Å². The minimum Gasteiger partial charge on any atom is -0.397 e. The van der Waals surface area contributed by atoms with Gasteiger partial charge in [-0.2, -0.15) is 0 Å². The van der Waals surface area contributed by atoms with E-state index in [2.05, 4.69) is 4.72 Å². The van der Waals surface area contributed by atoms with E-state index in [9.17, 15) is 17.2 Å². The Kier molecular flexibility index (Phi) is 3.39. The molecule has 0 bridgehead atoms. The Morgan fingerprint density at radius 1 is 1.05 bits per heavy atom. The van der Waals surface area contributed by atoms with Crippen molar-refractivity contribution in [3.8, 4) is 0 Å². The second-order valence-corrected chi connectivity index (χ2v) is 5.42. The number of hydrogen-bond donors (Lipinski definition) is 2. The van der Waals surface area contributed by atoms with Gasteiger partial charge in [0.1, 0.15) is 16.5 Å². The molecule has 0 saturated heterocycles. The molecule has 0 unspecified atom stereocenters. The zero-order chi connectivity index (χ0) is 14.0. The lowest BCUT2D eigenvalue weighted by molar-refractivity contribution is 0.570. The normalized spacial score (nSPS) is 11.3. The number of halogens is 2. The molecular weight excluding hydrogens is 274 g/mol. The molecule has 0 aliphatic heterocycles. The third kappa shape index (κ3) is 2.82. The van der Waals surface area contributed by atoms with Crippen LogP contribution >= 0.6 is 0 Å². The summed E-state index contributed by atoms with van der Waals surface area (Å²) in [5, 5.41) is 0. The van der Waals surface area contributed by atoms with Gasteiger partial charge in [0.2, 0.25) is 0 Å². The molecule has 0 fully saturated rings. The number of nitrogens with two attached hydrogens (primary N) is 1. The van der Waals surface area contributed by atoms with Crippen LogP contribution < -0.4 is 10.5 Å². The molecule has 100 valence electrons. The number of anilines is 2. The maximum Gasteiger partial charge on any atom is 0.264 e. The van der Waals surface area contributed by atoms with Crippen molar-refractivity contribution in [2.75, 3.05) is 10.5 Å². The SMILES string of the molecule is Nc1ccc(F)cc1NS(=O)(=O)c1ccccc1F. The van der Waals surface area contributed by atoms with Crippen molar-refractivity contribution < 1.29 is 17.2 Å². The zero-order valence-electron chi connectivity index (χ0n) is 9.60. The van der Waals surface area contributed by atoms with Crippen molar-refractivity contribution in [1.29, 1.82) is 0 Å². The minimum atomic E-state index is -4.15. The Morgan fingerprint density at radius 3 is 2.42 bits per heavy atom. The highest BCUT2D eigenvalue weighted by atomic mass is 32.2. The Labute approximate surface area is 108 Å². The van der Waals surface area contributed by atoms with E-state index in [4.69, 9.17) is 5.73 Å². The molecule has 2 rings (SSSR count). The van der Waals surface area contributed by atoms with E-state index in [1.165, 1.54) is 18.2 Å². The second-order valence-electron chi connectivity index (χ2n) is 3.77. The van der Waals surface area contributed by atoms with Crippen LogP contribution in [0.3, 0.4) is 0 Å². The molecule has 0 spiro atoms. The third-order valence-corrected chi connectivity index (χ3v) is 3.78. The summed E-state index contributed by atoms with van der Waals surface area (Å²) in [6.45, 7) is 0. The molecular formula is C12H10F2N2O2S. The van der Waals surface area contributed by atoms with Gasteiger partial charge < -0.3 is 5.73 Å². The zero-order valence-corrected chi connectivity index (χ0v) is 10.4. The molecule has 19 heavy (non-hydrogen) atoms. The monoisotopic (exact) mass is 284 g/mol. The van der Waals surface area contributed by atoms with E-state index >= 15 is 0 Å². The highest BCUT2D eigenvalue weighted by Gasteiger charge is 2.19. The van der Waals surface area contributed by atoms with Crippen LogP contribution in [-0.2, 0) is 10.0 Å². The van der Waals surface area contributed by atoms with Crippen LogP contribution in [-0.4, -0.2) is 8.42 Å². The van der Waals surface area contributed by atoms with Crippen LogP contribution in [0.4, 0.5) is 20.2 Å². The van der Waals surface area contributed by atoms with E-state index in [0.29, 0.717) is 0 Å². The predicted octanol–water partition coefficient (Wildman–Crippen LogP) is 2.35. The number of nitrogens with one attached hydrogen (secondary N) is 1. The lowest BCUT2D eigenvalue weighted by Crippen LogP contribution is -2.15. The summed E-state index contributed by atoms with van der Waals surface area (Å²) in [6.07, 6.45) is 0. The number of hydrogen-bond acceptors (Lipinski definition) is 3. The molecule has 0 aliphatic rings. The molecule has 2 aromatic carbocycles. The fourth-order valence-electron chi connectivity index (χ4n) is 1.48. The number of rotatable bonds is 3. The first-order valence-corrected chi connectivity index (χ1v) is 6.71. The predicted molar refractivity (Wildman–Crippen MR) is 68.0 cm³/mol. The molecule has 0 heterocycles. The van der Waals surface area contributed by atoms with Crippen molar-refractivity contribution in [2.24, 2.45) is 0 Å². The van der Waals surface area contributed by atoms with Gasteiger partial charge in [-0.25, -0.2) is 17.2 Å². The Hall–Kier alpha value is -2.15. The fourth-order valence-corrected chi connectivity index (χ4v) is 2.64. The first-order chi connectivity index (χ1) is 8.90. The third-order valence-electron chi connectivity index (χ3n) is 2.39. The lowest BCUT2D eigenvalue weighted by atomic mass is 10.3. The first-order valence-electron chi connectivity index (χ1n) is 5.22. The molecule has 0 amide bonds. The molecule has 7 heteroatoms. The topological polar surface area (TPSA) is 72.2 Å². The number of sulfonamides is 1. The van der Waals surface area contributed by atoms with E-state index in [0.717, 1.165) is 24.3 Å². The summed E-state index contributed by atoms with van der Waals surface area (Å²) < 4.78 is 52.4. The Balaban J connectivity index is 2.43. The van der Waals surface area contributed by atoms with Crippen LogP contribution in [0.2, 0.25) is 0 Å². The van der Waals surface area contributed by atoms with Gasteiger partial charge in [-0.3, -0.25) is 4.72 Å². The molecule has 4 nitrogen and oxygen atoms in total. The molecule has 0 saturated carbocycles. The van der Waals surface area contributed by atoms with Crippen molar-refractivity contribution in [1.82, 2.24) is 0 Å². The molecule has 3 N–H and O–H groups in total. The summed E-state index contributed by atoms with van der Waals surface area (Å²) in [7, 11) is -4.15. The quantitative estimate of drug-likeness (QED) is 0.850. The van der Waals surface area contributed by atoms with E-state index in [1.54, 1.807) is 0 Å². The summed E-state index contributed by atoms with van der Waals surface area (Å²) in [6, 6.07) is 8.10. The standard InChI is InChI=1S/C12H10F2N2O2S/c13-8-5-6-10(15)11(7-8)16-19(17,18)12-4-2-1-3-9(12)14/h1-7,16H,15H2. The average Bonchev–Trinajstić information content (AvgIpc) is 2.34. The molecule has 0 aromatic heterocycles. The number of nitrogen functional groups attached to an aromatic ring is 1. The highest BCUT2D eigenvalue weighted by Crippen LogP contribution is 2.24. The summed E-state index contributed by atoms with van der Waals surface area (Å²) in [4.78, 5) is -0.529. The van der Waals surface area contributed by atoms with Gasteiger partial charge in [-0.1, -0.05) is 12.1 Å². The smallest absolute Gasteiger partial charge is 0.264 e. The largest absolute Gasteiger partial charge is 0.397 e. The van der Waals surface area contributed by atoms with Crippen LogP contribution in [0.1, 0.15) is 0 Å². The summed E-state index contributed by atoms with van der Waals surface area (Å²) in [5.74, 6) is -1.55. The van der Waals surface area contributed by atoms with Gasteiger partial charge in [0, 0.05) is 6.07 Å². The van der Waals surface area contributed by atoms with Crippen LogP contribution in [0.15, 0.2) is 47.4 Å². The first kappa shape index (κ1) is 13.3. The Bertz CT molecular complexity index is 717. The van der Waals surface area contributed by atoms with E-state index in [1.807, 2.05) is 0 Å². The van der Waals surface area contributed by atoms with Crippen molar-refractivity contribution in [2.45, 2.75) is 4.90 Å². The molecule has 0 radical (unpaired) electrons. The van der Waals surface area contributed by atoms with Gasteiger partial charge in [0.15, 0.2) is 0 Å². The maximum atomic E-state index is 13.4. The van der Waals surface area contributed by atoms with Crippen LogP contribution in [0.5, 0.6) is 0 Å². The number of benzene rings is 2. The van der Waals surface area contributed by atoms with E-state index < -0.39 is 26.6 Å². The summed E-state index contributed by atoms with van der Waals surface area (Å²) >= 11 is 0. The van der Waals surface area contributed by atoms with Gasteiger partial charge in [0.05, 0.1) is 11.4 Å². The van der Waals surface area contributed by atoms with Gasteiger partial charge in [0.25, 0.3) is 10.0 Å². The van der Waals surface area contributed by atoms with Gasteiger partial charge >= 0.3 is 0 Å². The van der Waals surface area contributed by atoms with Crippen LogP contribution in [0.25, 0.3) is 0 Å². The second kappa shape index (κ2) is 4.85. The Morgan fingerprint density at radius 2 is 1.74 bits per heavy atom. The lowest BCUT2D eigenvalue weighted by Gasteiger charge is -2.10. The summed E-state index contributed by atoms with van der Waals surface area (Å²) in [5.41, 5.74) is 5.43. The maximum absolute atomic E-state index is 13.4. The van der Waals surface area contributed by atoms with Gasteiger partial charge in [-0.15, -0.1) is 0 Å². The van der Waals surface area contributed by atoms with Crippen molar-refractivity contribution in [3.63, 3.8) is 0 Å². The van der Waals surface area contributed by atoms with Crippen LogP contribution in [0, 0.1) is 11.6 Å². The molecule has 0 aliphatic carbocycles. The molecule has 0 atom stereocenters. The van der Waals surface area contributed by atoms with Crippen molar-refractivity contribution >= 4 is 21.4 Å². The molecule has 2 aromatic rings. The average molecular weight is 284 g/mol. The van der Waals surface area contributed by atoms with Crippen molar-refractivity contribution in [3.05, 3.63) is 54.1 Å². The van der Waals surface area contributed by atoms with Gasteiger partial charge in [-0.05, 0) is 24.3 Å². The fraction of sp³-hybridized carbons (Fsp3) is 0. The minimum absolute atomic E-state index is 0.0429. The highest BCUT2D eigenvalue weighted by molar-refractivity contribution is 7.92.